The molecule has 29 heavy (non-hydrogen) atoms. The molecule has 3 aromatic rings. The minimum atomic E-state index is -0.476. The lowest BCUT2D eigenvalue weighted by Crippen LogP contribution is -2.30. The molecule has 0 atom stereocenters. The van der Waals surface area contributed by atoms with Crippen molar-refractivity contribution in [3.8, 4) is 6.07 Å². The number of nitrogens with zero attached hydrogens (tertiary/aromatic N) is 3. The number of imide groups is 1. The summed E-state index contributed by atoms with van der Waals surface area (Å²) in [5.74, 6) is -1.38. The maximum Gasteiger partial charge on any atom is 0.274 e. The first-order valence-corrected chi connectivity index (χ1v) is 8.76. The van der Waals surface area contributed by atoms with Crippen LogP contribution in [0, 0.1) is 18.3 Å². The normalized spacial score (nSPS) is 12.5. The number of aromatic nitrogens is 1. The Morgan fingerprint density at radius 3 is 2.59 bits per heavy atom. The van der Waals surface area contributed by atoms with Gasteiger partial charge in [0.05, 0.1) is 22.4 Å². The molecule has 3 amide bonds. The molecule has 0 aliphatic carbocycles. The molecule has 7 heteroatoms. The van der Waals surface area contributed by atoms with Gasteiger partial charge in [0.2, 0.25) is 0 Å². The molecule has 0 saturated heterocycles. The molecule has 1 aliphatic heterocycles. The minimum absolute atomic E-state index is 0.0935. The Hall–Kier alpha value is -4.31. The van der Waals surface area contributed by atoms with Gasteiger partial charge < -0.3 is 5.32 Å². The highest BCUT2D eigenvalue weighted by Crippen LogP contribution is 2.33. The molecule has 0 unspecified atom stereocenters. The molecule has 0 spiro atoms. The molecule has 4 rings (SSSR count). The van der Waals surface area contributed by atoms with E-state index in [-0.39, 0.29) is 16.9 Å². The van der Waals surface area contributed by atoms with Crippen LogP contribution in [0.4, 0.5) is 11.4 Å². The topological polar surface area (TPSA) is 103 Å². The Kier molecular flexibility index (Phi) is 4.37. The molecule has 1 N–H and O–H groups in total. The highest BCUT2D eigenvalue weighted by Gasteiger charge is 2.38. The molecule has 2 aromatic carbocycles. The van der Waals surface area contributed by atoms with Crippen LogP contribution in [-0.2, 0) is 0 Å². The Morgan fingerprint density at radius 2 is 1.90 bits per heavy atom. The lowest BCUT2D eigenvalue weighted by molar-refractivity contribution is 0.0924. The molecular formula is C22H14N4O3. The van der Waals surface area contributed by atoms with Crippen molar-refractivity contribution in [3.05, 3.63) is 88.7 Å². The van der Waals surface area contributed by atoms with Gasteiger partial charge in [-0.1, -0.05) is 18.2 Å². The number of benzene rings is 2. The first kappa shape index (κ1) is 18.1. The molecule has 7 nitrogen and oxygen atoms in total. The number of amides is 3. The second-order valence-electron chi connectivity index (χ2n) is 6.46. The van der Waals surface area contributed by atoms with Crippen molar-refractivity contribution < 1.29 is 14.4 Å². The third-order valence-electron chi connectivity index (χ3n) is 4.64. The second-order valence-corrected chi connectivity index (χ2v) is 6.46. The van der Waals surface area contributed by atoms with E-state index >= 15 is 0 Å². The van der Waals surface area contributed by atoms with Gasteiger partial charge in [-0.3, -0.25) is 19.4 Å². The standard InChI is InChI=1S/C22H14N4O3/c1-13-5-4-6-16-19(13)22(29)26(21(16)28)18-9-8-15(11-14(18)12-23)25-20(27)17-7-2-3-10-24-17/h2-11H,1H3,(H,25,27). The fourth-order valence-corrected chi connectivity index (χ4v) is 3.26. The van der Waals surface area contributed by atoms with Crippen LogP contribution >= 0.6 is 0 Å². The number of nitrogens with one attached hydrogen (secondary N) is 1. The Bertz CT molecular complexity index is 1210. The largest absolute Gasteiger partial charge is 0.321 e. The fraction of sp³-hybridized carbons (Fsp3) is 0.0455. The van der Waals surface area contributed by atoms with E-state index in [0.29, 0.717) is 22.4 Å². The smallest absolute Gasteiger partial charge is 0.274 e. The van der Waals surface area contributed by atoms with Crippen molar-refractivity contribution >= 4 is 29.1 Å². The van der Waals surface area contributed by atoms with Crippen LogP contribution in [-0.4, -0.2) is 22.7 Å². The van der Waals surface area contributed by atoms with Gasteiger partial charge in [-0.05, 0) is 48.9 Å². The van der Waals surface area contributed by atoms with E-state index in [1.165, 1.54) is 24.4 Å². The van der Waals surface area contributed by atoms with Crippen molar-refractivity contribution in [1.29, 1.82) is 5.26 Å². The maximum atomic E-state index is 12.9. The average Bonchev–Trinajstić information content (AvgIpc) is 3.00. The molecule has 140 valence electrons. The van der Waals surface area contributed by atoms with E-state index in [1.54, 1.807) is 43.3 Å². The quantitative estimate of drug-likeness (QED) is 0.700. The third-order valence-corrected chi connectivity index (χ3v) is 4.64. The number of aryl methyl sites for hydroxylation is 1. The van der Waals surface area contributed by atoms with E-state index in [2.05, 4.69) is 10.3 Å². The van der Waals surface area contributed by atoms with Crippen LogP contribution in [0.1, 0.15) is 42.3 Å². The van der Waals surface area contributed by atoms with Crippen molar-refractivity contribution in [2.24, 2.45) is 0 Å². The van der Waals surface area contributed by atoms with E-state index in [9.17, 15) is 19.6 Å². The zero-order valence-corrected chi connectivity index (χ0v) is 15.3. The molecule has 1 aliphatic rings. The molecular weight excluding hydrogens is 368 g/mol. The fourth-order valence-electron chi connectivity index (χ4n) is 3.26. The number of hydrogen-bond acceptors (Lipinski definition) is 5. The lowest BCUT2D eigenvalue weighted by atomic mass is 10.0. The monoisotopic (exact) mass is 382 g/mol. The van der Waals surface area contributed by atoms with Crippen LogP contribution in [0.5, 0.6) is 0 Å². The number of carbonyl (C=O) groups excluding carboxylic acids is 3. The van der Waals surface area contributed by atoms with E-state index < -0.39 is 17.7 Å². The van der Waals surface area contributed by atoms with Crippen molar-refractivity contribution in [3.63, 3.8) is 0 Å². The molecule has 2 heterocycles. The summed E-state index contributed by atoms with van der Waals surface area (Å²) < 4.78 is 0. The number of rotatable bonds is 3. The zero-order valence-electron chi connectivity index (χ0n) is 15.3. The third kappa shape index (κ3) is 3.03. The minimum Gasteiger partial charge on any atom is -0.321 e. The first-order valence-electron chi connectivity index (χ1n) is 8.76. The summed E-state index contributed by atoms with van der Waals surface area (Å²) in [5.41, 5.74) is 2.20. The predicted molar refractivity (Wildman–Crippen MR) is 106 cm³/mol. The van der Waals surface area contributed by atoms with E-state index in [0.717, 1.165) is 4.90 Å². The van der Waals surface area contributed by atoms with Gasteiger partial charge in [0.15, 0.2) is 0 Å². The maximum absolute atomic E-state index is 12.9. The number of pyridine rings is 1. The number of anilines is 2. The highest BCUT2D eigenvalue weighted by atomic mass is 16.2. The first-order chi connectivity index (χ1) is 14.0. The van der Waals surface area contributed by atoms with E-state index in [4.69, 9.17) is 0 Å². The Morgan fingerprint density at radius 1 is 1.07 bits per heavy atom. The average molecular weight is 382 g/mol. The number of nitriles is 1. The molecule has 0 saturated carbocycles. The van der Waals surface area contributed by atoms with Gasteiger partial charge in [0, 0.05) is 11.9 Å². The molecule has 0 bridgehead atoms. The van der Waals surface area contributed by atoms with Crippen molar-refractivity contribution in [2.45, 2.75) is 6.92 Å². The lowest BCUT2D eigenvalue weighted by Gasteiger charge is -2.16. The Labute approximate surface area is 166 Å². The highest BCUT2D eigenvalue weighted by molar-refractivity contribution is 6.35. The van der Waals surface area contributed by atoms with Crippen molar-refractivity contribution in [1.82, 2.24) is 4.98 Å². The van der Waals surface area contributed by atoms with Gasteiger partial charge in [0.1, 0.15) is 11.8 Å². The van der Waals surface area contributed by atoms with Crippen LogP contribution < -0.4 is 10.2 Å². The number of hydrogen-bond donors (Lipinski definition) is 1. The number of carbonyl (C=O) groups is 3. The van der Waals surface area contributed by atoms with Gasteiger partial charge in [-0.2, -0.15) is 5.26 Å². The Balaban J connectivity index is 1.68. The molecule has 0 fully saturated rings. The SMILES string of the molecule is Cc1cccc2c1C(=O)N(c1ccc(NC(=O)c3ccccn3)cc1C#N)C2=O. The summed E-state index contributed by atoms with van der Waals surface area (Å²) in [7, 11) is 0. The summed E-state index contributed by atoms with van der Waals surface area (Å²) in [6.07, 6.45) is 1.50. The van der Waals surface area contributed by atoms with Crippen LogP contribution in [0.25, 0.3) is 0 Å². The van der Waals surface area contributed by atoms with Gasteiger partial charge >= 0.3 is 0 Å². The molecule has 1 aromatic heterocycles. The summed E-state index contributed by atoms with van der Waals surface area (Å²) in [6.45, 7) is 1.76. The summed E-state index contributed by atoms with van der Waals surface area (Å²) in [6, 6.07) is 16.4. The summed E-state index contributed by atoms with van der Waals surface area (Å²) in [5, 5.41) is 12.2. The predicted octanol–water partition coefficient (Wildman–Crippen LogP) is 3.31. The van der Waals surface area contributed by atoms with Crippen LogP contribution in [0.3, 0.4) is 0 Å². The van der Waals surface area contributed by atoms with Gasteiger partial charge in [-0.25, -0.2) is 4.90 Å². The second kappa shape index (κ2) is 7.02. The van der Waals surface area contributed by atoms with Crippen LogP contribution in [0.15, 0.2) is 60.8 Å². The summed E-state index contributed by atoms with van der Waals surface area (Å²) in [4.78, 5) is 42.9. The summed E-state index contributed by atoms with van der Waals surface area (Å²) >= 11 is 0. The van der Waals surface area contributed by atoms with Crippen LogP contribution in [0.2, 0.25) is 0 Å². The van der Waals surface area contributed by atoms with Gasteiger partial charge in [-0.15, -0.1) is 0 Å². The zero-order chi connectivity index (χ0) is 20.5. The molecule has 0 radical (unpaired) electrons. The number of fused-ring (bicyclic) bond motifs is 1. The van der Waals surface area contributed by atoms with Crippen molar-refractivity contribution in [2.75, 3.05) is 10.2 Å². The van der Waals surface area contributed by atoms with E-state index in [1.807, 2.05) is 6.07 Å². The van der Waals surface area contributed by atoms with Gasteiger partial charge in [0.25, 0.3) is 17.7 Å².